The molecule has 0 aliphatic heterocycles. The third kappa shape index (κ3) is 1.77. The number of rotatable bonds is 3. The number of aliphatic hydroxyl groups is 1. The Morgan fingerprint density at radius 1 is 1.53 bits per heavy atom. The van der Waals surface area contributed by atoms with Gasteiger partial charge in [-0.25, -0.2) is 4.39 Å². The molecular formula is C12H16FNO. The maximum absolute atomic E-state index is 13.1. The third-order valence-corrected chi connectivity index (χ3v) is 3.41. The Bertz CT molecular complexity index is 374. The molecule has 3 N–H and O–H groups in total. The van der Waals surface area contributed by atoms with E-state index in [1.807, 2.05) is 0 Å². The Balaban J connectivity index is 2.26. The minimum absolute atomic E-state index is 0.116. The summed E-state index contributed by atoms with van der Waals surface area (Å²) in [5.74, 6) is -0.209. The van der Waals surface area contributed by atoms with Crippen molar-refractivity contribution in [3.8, 4) is 0 Å². The van der Waals surface area contributed by atoms with Crippen LogP contribution in [0.25, 0.3) is 0 Å². The van der Waals surface area contributed by atoms with Gasteiger partial charge in [0.1, 0.15) is 5.82 Å². The van der Waals surface area contributed by atoms with Gasteiger partial charge in [-0.3, -0.25) is 0 Å². The lowest BCUT2D eigenvalue weighted by atomic mass is 9.91. The maximum Gasteiger partial charge on any atom is 0.126 e. The fraction of sp³-hybridized carbons (Fsp3) is 0.500. The smallest absolute Gasteiger partial charge is 0.126 e. The summed E-state index contributed by atoms with van der Waals surface area (Å²) in [5.41, 5.74) is 7.46. The van der Waals surface area contributed by atoms with Crippen molar-refractivity contribution in [2.45, 2.75) is 25.8 Å². The Hall–Kier alpha value is -0.930. The number of benzene rings is 1. The number of hydrogen-bond acceptors (Lipinski definition) is 2. The Morgan fingerprint density at radius 3 is 2.67 bits per heavy atom. The zero-order valence-corrected chi connectivity index (χ0v) is 8.83. The molecule has 0 bridgehead atoms. The van der Waals surface area contributed by atoms with Crippen molar-refractivity contribution in [2.24, 2.45) is 11.1 Å². The molecule has 0 radical (unpaired) electrons. The molecule has 1 fully saturated rings. The standard InChI is InChI=1S/C12H16FNO/c1-8-6-9(2-3-10(8)13)11(14)12(7-15)4-5-12/h2-3,6,11,15H,4-5,7,14H2,1H3. The molecule has 2 nitrogen and oxygen atoms in total. The highest BCUT2D eigenvalue weighted by Crippen LogP contribution is 2.53. The number of hydrogen-bond donors (Lipinski definition) is 2. The van der Waals surface area contributed by atoms with Crippen molar-refractivity contribution in [3.63, 3.8) is 0 Å². The first-order valence-electron chi connectivity index (χ1n) is 5.21. The zero-order valence-electron chi connectivity index (χ0n) is 8.83. The summed E-state index contributed by atoms with van der Waals surface area (Å²) in [7, 11) is 0. The number of aryl methyl sites for hydroxylation is 1. The molecule has 1 atom stereocenters. The van der Waals surface area contributed by atoms with Crippen molar-refractivity contribution in [1.82, 2.24) is 0 Å². The van der Waals surface area contributed by atoms with E-state index in [1.165, 1.54) is 6.07 Å². The molecule has 0 heterocycles. The second kappa shape index (κ2) is 3.58. The maximum atomic E-state index is 13.1. The van der Waals surface area contributed by atoms with Crippen LogP contribution in [0.2, 0.25) is 0 Å². The average Bonchev–Trinajstić information content (AvgIpc) is 3.02. The normalized spacial score (nSPS) is 20.0. The molecule has 1 aromatic rings. The van der Waals surface area contributed by atoms with Crippen LogP contribution in [0.15, 0.2) is 18.2 Å². The van der Waals surface area contributed by atoms with E-state index in [2.05, 4.69) is 0 Å². The summed E-state index contributed by atoms with van der Waals surface area (Å²) >= 11 is 0. The van der Waals surface area contributed by atoms with Crippen molar-refractivity contribution >= 4 is 0 Å². The third-order valence-electron chi connectivity index (χ3n) is 3.41. The summed E-state index contributed by atoms with van der Waals surface area (Å²) in [6.07, 6.45) is 1.92. The van der Waals surface area contributed by atoms with Gasteiger partial charge in [0.15, 0.2) is 0 Å². The van der Waals surface area contributed by atoms with Gasteiger partial charge >= 0.3 is 0 Å². The summed E-state index contributed by atoms with van der Waals surface area (Å²) in [5, 5.41) is 9.26. The van der Waals surface area contributed by atoms with Gasteiger partial charge in [0.05, 0.1) is 6.61 Å². The minimum atomic E-state index is -0.209. The van der Waals surface area contributed by atoms with Gasteiger partial charge in [-0.1, -0.05) is 12.1 Å². The SMILES string of the molecule is Cc1cc(C(N)C2(CO)CC2)ccc1F. The summed E-state index contributed by atoms with van der Waals surface area (Å²) in [6, 6.07) is 4.75. The molecule has 1 aliphatic carbocycles. The first kappa shape index (κ1) is 10.6. The number of halogens is 1. The predicted molar refractivity (Wildman–Crippen MR) is 56.8 cm³/mol. The van der Waals surface area contributed by atoms with Crippen molar-refractivity contribution < 1.29 is 9.50 Å². The molecule has 0 saturated heterocycles. The number of nitrogens with two attached hydrogens (primary N) is 1. The van der Waals surface area contributed by atoms with Crippen LogP contribution in [0.3, 0.4) is 0 Å². The fourth-order valence-electron chi connectivity index (χ4n) is 1.94. The van der Waals surface area contributed by atoms with Crippen LogP contribution in [-0.2, 0) is 0 Å². The first-order valence-corrected chi connectivity index (χ1v) is 5.21. The van der Waals surface area contributed by atoms with Gasteiger partial charge in [0, 0.05) is 11.5 Å². The van der Waals surface area contributed by atoms with Gasteiger partial charge in [0.2, 0.25) is 0 Å². The van der Waals surface area contributed by atoms with Crippen LogP contribution in [0, 0.1) is 18.2 Å². The van der Waals surface area contributed by atoms with Crippen LogP contribution in [0.5, 0.6) is 0 Å². The summed E-state index contributed by atoms with van der Waals surface area (Å²) < 4.78 is 13.1. The Labute approximate surface area is 88.9 Å². The van der Waals surface area contributed by atoms with Crippen LogP contribution in [0.1, 0.15) is 30.0 Å². The van der Waals surface area contributed by atoms with E-state index in [-0.39, 0.29) is 23.9 Å². The lowest BCUT2D eigenvalue weighted by Crippen LogP contribution is -2.25. The lowest BCUT2D eigenvalue weighted by Gasteiger charge is -2.21. The fourth-order valence-corrected chi connectivity index (χ4v) is 1.94. The van der Waals surface area contributed by atoms with E-state index >= 15 is 0 Å². The van der Waals surface area contributed by atoms with Crippen LogP contribution in [0.4, 0.5) is 4.39 Å². The average molecular weight is 209 g/mol. The number of aliphatic hydroxyl groups excluding tert-OH is 1. The van der Waals surface area contributed by atoms with Crippen molar-refractivity contribution in [1.29, 1.82) is 0 Å². The van der Waals surface area contributed by atoms with Gasteiger partial charge < -0.3 is 10.8 Å². The molecule has 3 heteroatoms. The van der Waals surface area contributed by atoms with Crippen LogP contribution in [-0.4, -0.2) is 11.7 Å². The Kier molecular flexibility index (Phi) is 2.52. The second-order valence-electron chi connectivity index (χ2n) is 4.51. The Morgan fingerprint density at radius 2 is 2.20 bits per heavy atom. The highest BCUT2D eigenvalue weighted by atomic mass is 19.1. The van der Waals surface area contributed by atoms with Crippen molar-refractivity contribution in [3.05, 3.63) is 35.1 Å². The first-order chi connectivity index (χ1) is 7.09. The lowest BCUT2D eigenvalue weighted by molar-refractivity contribution is 0.187. The molecule has 15 heavy (non-hydrogen) atoms. The molecule has 0 aromatic heterocycles. The summed E-state index contributed by atoms with van der Waals surface area (Å²) in [6.45, 7) is 1.84. The molecular weight excluding hydrogens is 193 g/mol. The van der Waals surface area contributed by atoms with Crippen LogP contribution < -0.4 is 5.73 Å². The zero-order chi connectivity index (χ0) is 11.1. The van der Waals surface area contributed by atoms with E-state index in [4.69, 9.17) is 5.73 Å². The predicted octanol–water partition coefficient (Wildman–Crippen LogP) is 1.91. The monoisotopic (exact) mass is 209 g/mol. The molecule has 82 valence electrons. The van der Waals surface area contributed by atoms with Gasteiger partial charge in [-0.05, 0) is 37.0 Å². The van der Waals surface area contributed by atoms with Crippen molar-refractivity contribution in [2.75, 3.05) is 6.61 Å². The highest BCUT2D eigenvalue weighted by Gasteiger charge is 2.47. The van der Waals surface area contributed by atoms with E-state index in [9.17, 15) is 9.50 Å². The van der Waals surface area contributed by atoms with E-state index < -0.39 is 0 Å². The molecule has 2 rings (SSSR count). The highest BCUT2D eigenvalue weighted by molar-refractivity contribution is 5.29. The molecule has 0 spiro atoms. The van der Waals surface area contributed by atoms with E-state index in [0.717, 1.165) is 18.4 Å². The van der Waals surface area contributed by atoms with Gasteiger partial charge in [-0.15, -0.1) is 0 Å². The summed E-state index contributed by atoms with van der Waals surface area (Å²) in [4.78, 5) is 0. The quantitative estimate of drug-likeness (QED) is 0.798. The van der Waals surface area contributed by atoms with Gasteiger partial charge in [0.25, 0.3) is 0 Å². The molecule has 1 saturated carbocycles. The second-order valence-corrected chi connectivity index (χ2v) is 4.51. The minimum Gasteiger partial charge on any atom is -0.396 e. The van der Waals surface area contributed by atoms with E-state index in [1.54, 1.807) is 19.1 Å². The molecule has 1 aliphatic rings. The molecule has 1 aromatic carbocycles. The molecule has 0 amide bonds. The van der Waals surface area contributed by atoms with E-state index in [0.29, 0.717) is 5.56 Å². The van der Waals surface area contributed by atoms with Crippen LogP contribution >= 0.6 is 0 Å². The van der Waals surface area contributed by atoms with Gasteiger partial charge in [-0.2, -0.15) is 0 Å². The topological polar surface area (TPSA) is 46.2 Å². The molecule has 1 unspecified atom stereocenters. The largest absolute Gasteiger partial charge is 0.396 e.